The summed E-state index contributed by atoms with van der Waals surface area (Å²) in [5, 5.41) is 0. The number of hydrogen-bond donors (Lipinski definition) is 3. The summed E-state index contributed by atoms with van der Waals surface area (Å²) < 4.78 is 24.3. The number of carbonyl (C=O) groups excluding carboxylic acids is 2. The second kappa shape index (κ2) is 19.4. The normalized spacial score (nSPS) is 29.5. The smallest absolute Gasteiger partial charge is 0.240 e. The molecule has 4 heterocycles. The molecule has 0 radical (unpaired) electrons. The molecule has 5 N–H and O–H groups in total. The molecule has 2 saturated heterocycles. The average molecular weight is 853 g/mol. The van der Waals surface area contributed by atoms with E-state index in [-0.39, 0.29) is 66.1 Å². The zero-order valence-corrected chi connectivity index (χ0v) is 37.5. The summed E-state index contributed by atoms with van der Waals surface area (Å²) in [6.45, 7) is 10.4. The van der Waals surface area contributed by atoms with Crippen molar-refractivity contribution in [2.45, 2.75) is 128 Å². The molecular weight excluding hydrogens is 785 g/mol. The van der Waals surface area contributed by atoms with Crippen LogP contribution in [0, 0.1) is 23.7 Å². The summed E-state index contributed by atoms with van der Waals surface area (Å²) in [4.78, 5) is 49.8. The molecule has 1 aromatic carbocycles. The number of nitrogens with zero attached hydrogens (tertiary/aromatic N) is 5. The number of aromatic amines is 1. The first-order valence-corrected chi connectivity index (χ1v) is 23.0. The summed E-state index contributed by atoms with van der Waals surface area (Å²) in [5.74, 6) is 1.24. The number of nitrogens with two attached hydrogens (primary N) is 2. The molecule has 2 amide bonds. The van der Waals surface area contributed by atoms with Crippen molar-refractivity contribution in [3.63, 3.8) is 0 Å². The van der Waals surface area contributed by atoms with Crippen LogP contribution >= 0.6 is 0 Å². The van der Waals surface area contributed by atoms with Gasteiger partial charge in [0.1, 0.15) is 11.9 Å². The third kappa shape index (κ3) is 8.88. The van der Waals surface area contributed by atoms with Crippen LogP contribution in [-0.2, 0) is 28.5 Å². The maximum atomic E-state index is 13.7. The van der Waals surface area contributed by atoms with Crippen LogP contribution in [0.2, 0.25) is 0 Å². The number of hydrogen-bond acceptors (Lipinski definition) is 11. The van der Waals surface area contributed by atoms with Crippen molar-refractivity contribution in [3.05, 3.63) is 59.0 Å². The molecule has 1 aromatic heterocycles. The Balaban J connectivity index is 1.03. The number of benzene rings is 1. The number of ether oxygens (including phenoxy) is 4. The number of nitrogens with one attached hydrogen (secondary N) is 1. The van der Waals surface area contributed by atoms with Gasteiger partial charge in [0.15, 0.2) is 6.17 Å². The SMILES string of the molecule is COCCOC1C(C2=CC=C(c3ccc4nc(C5CCCN5C(=O)C(N)C(C)C)[nH]c4c3)CC2)=CCC(C2=NC(C3C4CCC(C4)N3C(=O)C(N)C(C)C)N=C2)C1OCCOC. The van der Waals surface area contributed by atoms with Gasteiger partial charge in [-0.1, -0.05) is 52.0 Å². The highest BCUT2D eigenvalue weighted by atomic mass is 16.6. The number of amides is 2. The van der Waals surface area contributed by atoms with E-state index in [0.717, 1.165) is 78.7 Å². The van der Waals surface area contributed by atoms with E-state index in [1.807, 2.05) is 38.8 Å². The molecule has 2 bridgehead atoms. The molecule has 14 heteroatoms. The minimum absolute atomic E-state index is 0.00403. The van der Waals surface area contributed by atoms with Gasteiger partial charge in [-0.05, 0) is 104 Å². The molecule has 62 heavy (non-hydrogen) atoms. The lowest BCUT2D eigenvalue weighted by Gasteiger charge is -2.39. The van der Waals surface area contributed by atoms with Crippen LogP contribution in [0.25, 0.3) is 16.6 Å². The summed E-state index contributed by atoms with van der Waals surface area (Å²) >= 11 is 0. The molecular formula is C48H68N8O6. The van der Waals surface area contributed by atoms with Crippen molar-refractivity contribution >= 4 is 40.3 Å². The van der Waals surface area contributed by atoms with E-state index in [2.05, 4.69) is 46.3 Å². The predicted molar refractivity (Wildman–Crippen MR) is 242 cm³/mol. The van der Waals surface area contributed by atoms with Crippen LogP contribution in [0.4, 0.5) is 0 Å². The first-order valence-electron chi connectivity index (χ1n) is 23.0. The summed E-state index contributed by atoms with van der Waals surface area (Å²) in [5.41, 5.74) is 20.2. The van der Waals surface area contributed by atoms with Gasteiger partial charge in [0.25, 0.3) is 0 Å². The zero-order chi connectivity index (χ0) is 43.7. The molecule has 8 rings (SSSR count). The quantitative estimate of drug-likeness (QED) is 0.172. The summed E-state index contributed by atoms with van der Waals surface area (Å²) in [7, 11) is 3.37. The van der Waals surface area contributed by atoms with Gasteiger partial charge in [0, 0.05) is 38.9 Å². The number of carbonyl (C=O) groups is 2. The third-order valence-corrected chi connectivity index (χ3v) is 14.2. The number of piperidine rings is 1. The fourth-order valence-electron chi connectivity index (χ4n) is 10.6. The minimum atomic E-state index is -0.536. The van der Waals surface area contributed by atoms with Crippen LogP contribution in [-0.4, -0.2) is 133 Å². The molecule has 2 aromatic rings. The van der Waals surface area contributed by atoms with Gasteiger partial charge in [0.05, 0.1) is 73.4 Å². The van der Waals surface area contributed by atoms with Gasteiger partial charge in [0.2, 0.25) is 11.8 Å². The Kier molecular flexibility index (Phi) is 13.9. The monoisotopic (exact) mass is 853 g/mol. The highest BCUT2D eigenvalue weighted by molar-refractivity contribution is 6.33. The van der Waals surface area contributed by atoms with Crippen molar-refractivity contribution in [1.82, 2.24) is 19.8 Å². The number of likely N-dealkylation sites (tertiary alicyclic amines) is 2. The molecule has 336 valence electrons. The Morgan fingerprint density at radius 3 is 2.35 bits per heavy atom. The number of rotatable bonds is 17. The Morgan fingerprint density at radius 1 is 0.903 bits per heavy atom. The van der Waals surface area contributed by atoms with Crippen molar-refractivity contribution in [2.75, 3.05) is 47.2 Å². The molecule has 10 atom stereocenters. The van der Waals surface area contributed by atoms with Gasteiger partial charge in [-0.25, -0.2) is 4.98 Å². The number of H-pyrrole nitrogens is 1. The van der Waals surface area contributed by atoms with E-state index in [1.165, 1.54) is 11.1 Å². The average Bonchev–Trinajstić information content (AvgIpc) is 4.14. The predicted octanol–water partition coefficient (Wildman–Crippen LogP) is 5.54. The highest BCUT2D eigenvalue weighted by Crippen LogP contribution is 2.46. The lowest BCUT2D eigenvalue weighted by Crippen LogP contribution is -2.55. The van der Waals surface area contributed by atoms with Crippen LogP contribution in [0.15, 0.2) is 57.6 Å². The Bertz CT molecular complexity index is 2110. The Hall–Kier alpha value is -4.05. The molecule has 1 saturated carbocycles. The Labute approximate surface area is 366 Å². The first kappa shape index (κ1) is 44.6. The van der Waals surface area contributed by atoms with E-state index in [1.54, 1.807) is 14.2 Å². The molecule has 6 aliphatic rings. The Morgan fingerprint density at radius 2 is 1.63 bits per heavy atom. The van der Waals surface area contributed by atoms with E-state index in [4.69, 9.17) is 45.4 Å². The van der Waals surface area contributed by atoms with Gasteiger partial charge in [-0.3, -0.25) is 19.6 Å². The van der Waals surface area contributed by atoms with E-state index >= 15 is 0 Å². The lowest BCUT2D eigenvalue weighted by molar-refractivity contribution is -0.138. The molecule has 3 aliphatic carbocycles. The summed E-state index contributed by atoms with van der Waals surface area (Å²) in [6.07, 6.45) is 15.0. The largest absolute Gasteiger partial charge is 0.382 e. The molecule has 10 unspecified atom stereocenters. The highest BCUT2D eigenvalue weighted by Gasteiger charge is 2.53. The number of allylic oxidation sites excluding steroid dienone is 4. The van der Waals surface area contributed by atoms with Crippen molar-refractivity contribution in [2.24, 2.45) is 45.1 Å². The summed E-state index contributed by atoms with van der Waals surface area (Å²) in [6, 6.07) is 5.38. The number of methoxy groups -OCH3 is 2. The topological polar surface area (TPSA) is 183 Å². The van der Waals surface area contributed by atoms with Gasteiger partial charge in [-0.15, -0.1) is 0 Å². The lowest BCUT2D eigenvalue weighted by atomic mass is 9.77. The fourth-order valence-corrected chi connectivity index (χ4v) is 10.6. The molecule has 14 nitrogen and oxygen atoms in total. The molecule has 0 spiro atoms. The van der Waals surface area contributed by atoms with Gasteiger partial charge in [-0.2, -0.15) is 0 Å². The second-order valence-corrected chi connectivity index (χ2v) is 18.8. The van der Waals surface area contributed by atoms with E-state index in [9.17, 15) is 9.59 Å². The molecule has 3 fully saturated rings. The maximum Gasteiger partial charge on any atom is 0.240 e. The van der Waals surface area contributed by atoms with Gasteiger partial charge >= 0.3 is 0 Å². The maximum absolute atomic E-state index is 13.7. The minimum Gasteiger partial charge on any atom is -0.382 e. The molecule has 3 aliphatic heterocycles. The van der Waals surface area contributed by atoms with Crippen molar-refractivity contribution in [1.29, 1.82) is 0 Å². The van der Waals surface area contributed by atoms with Gasteiger partial charge < -0.3 is 45.2 Å². The van der Waals surface area contributed by atoms with Crippen molar-refractivity contribution < 1.29 is 28.5 Å². The number of fused-ring (bicyclic) bond motifs is 3. The number of aliphatic imine (C=N–C) groups is 2. The van der Waals surface area contributed by atoms with Crippen LogP contribution in [0.5, 0.6) is 0 Å². The number of aromatic nitrogens is 2. The zero-order valence-electron chi connectivity index (χ0n) is 37.5. The van der Waals surface area contributed by atoms with Crippen LogP contribution in [0.3, 0.4) is 0 Å². The van der Waals surface area contributed by atoms with E-state index in [0.29, 0.717) is 45.3 Å². The second-order valence-electron chi connectivity index (χ2n) is 18.8. The van der Waals surface area contributed by atoms with Crippen LogP contribution in [0.1, 0.15) is 96.5 Å². The van der Waals surface area contributed by atoms with Crippen LogP contribution < -0.4 is 11.5 Å². The third-order valence-electron chi connectivity index (χ3n) is 14.2. The van der Waals surface area contributed by atoms with Crippen molar-refractivity contribution in [3.8, 4) is 0 Å². The van der Waals surface area contributed by atoms with E-state index < -0.39 is 12.1 Å². The first-order chi connectivity index (χ1) is 30.0. The standard InChI is InChI=1S/C48H68N8O6/c1-27(2)40(49)47(57)55-19-7-8-39(55)45-52-36-18-14-31(25-37(36)53-45)29-9-11-30(12-10-29)34-16-17-35(44(62-23-21-60-6)43(34)61-22-20-59-5)38-26-51-46(54-38)42-32-13-15-33(24-32)56(42)48(58)41(50)28(3)4/h9,11,14,16,18,25-28,32-33,35,39-44,46H,7-8,10,12-13,15,17,19-24,49-50H2,1-6H3,(H,52,53). The fraction of sp³-hybridized carbons (Fsp3) is 0.646. The number of imidazole rings is 1.